The molecule has 0 aliphatic carbocycles. The molecule has 1 unspecified atom stereocenters. The summed E-state index contributed by atoms with van der Waals surface area (Å²) in [7, 11) is 0. The molecule has 0 bridgehead atoms. The molecule has 25 heavy (non-hydrogen) atoms. The van der Waals surface area contributed by atoms with Gasteiger partial charge >= 0.3 is 0 Å². The molecule has 0 spiro atoms. The fraction of sp³-hybridized carbons (Fsp3) is 0.294. The summed E-state index contributed by atoms with van der Waals surface area (Å²) in [5.74, 6) is 1.46. The second-order valence-corrected chi connectivity index (χ2v) is 6.25. The average molecular weight is 377 g/mol. The lowest BCUT2D eigenvalue weighted by molar-refractivity contribution is 0.321. The highest BCUT2D eigenvalue weighted by Crippen LogP contribution is 2.27. The first-order valence-corrected chi connectivity index (χ1v) is 8.62. The SMILES string of the molecule is N#Cc1cc(OCC(Cl)CCl)cc(-c2nc(C3=CCCC=N3)no2)c1. The molecule has 8 heteroatoms. The first-order valence-electron chi connectivity index (χ1n) is 7.64. The van der Waals surface area contributed by atoms with Crippen molar-refractivity contribution in [1.29, 1.82) is 5.26 Å². The molecule has 2 heterocycles. The van der Waals surface area contributed by atoms with Crippen LogP contribution in [0.15, 0.2) is 33.8 Å². The number of nitriles is 1. The molecule has 1 aliphatic rings. The van der Waals surface area contributed by atoms with Gasteiger partial charge in [0.2, 0.25) is 5.82 Å². The van der Waals surface area contributed by atoms with E-state index >= 15 is 0 Å². The molecule has 2 aromatic rings. The lowest BCUT2D eigenvalue weighted by atomic mass is 10.1. The number of aromatic nitrogens is 2. The maximum absolute atomic E-state index is 9.22. The van der Waals surface area contributed by atoms with Crippen molar-refractivity contribution < 1.29 is 9.26 Å². The zero-order chi connectivity index (χ0) is 17.6. The first kappa shape index (κ1) is 17.5. The topological polar surface area (TPSA) is 84.3 Å². The summed E-state index contributed by atoms with van der Waals surface area (Å²) in [6, 6.07) is 7.08. The Balaban J connectivity index is 1.86. The fourth-order valence-corrected chi connectivity index (χ4v) is 2.36. The summed E-state index contributed by atoms with van der Waals surface area (Å²) in [5, 5.41) is 12.9. The third-order valence-electron chi connectivity index (χ3n) is 3.40. The smallest absolute Gasteiger partial charge is 0.258 e. The summed E-state index contributed by atoms with van der Waals surface area (Å²) < 4.78 is 10.9. The van der Waals surface area contributed by atoms with Crippen LogP contribution in [0.5, 0.6) is 5.75 Å². The van der Waals surface area contributed by atoms with E-state index in [1.807, 2.05) is 12.3 Å². The molecule has 0 saturated heterocycles. The molecule has 0 saturated carbocycles. The number of hydrogen-bond acceptors (Lipinski definition) is 6. The highest BCUT2D eigenvalue weighted by Gasteiger charge is 2.15. The van der Waals surface area contributed by atoms with Crippen LogP contribution in [-0.2, 0) is 0 Å². The Kier molecular flexibility index (Phi) is 5.69. The molecule has 1 aromatic carbocycles. The third-order valence-corrected chi connectivity index (χ3v) is 4.21. The normalized spacial score (nSPS) is 14.7. The van der Waals surface area contributed by atoms with Crippen LogP contribution >= 0.6 is 23.2 Å². The van der Waals surface area contributed by atoms with E-state index in [2.05, 4.69) is 21.2 Å². The van der Waals surface area contributed by atoms with Gasteiger partial charge in [0.05, 0.1) is 17.0 Å². The average Bonchev–Trinajstić information content (AvgIpc) is 3.16. The molecule has 0 N–H and O–H groups in total. The summed E-state index contributed by atoms with van der Waals surface area (Å²) in [4.78, 5) is 8.62. The predicted molar refractivity (Wildman–Crippen MR) is 96.0 cm³/mol. The molecule has 1 aliphatic heterocycles. The molecule has 0 fully saturated rings. The highest BCUT2D eigenvalue weighted by molar-refractivity contribution is 6.28. The standard InChI is InChI=1S/C17H14Cl2N4O2/c18-8-13(19)10-24-14-6-11(9-20)5-12(7-14)17-22-16(23-25-17)15-3-1-2-4-21-15/h3-7,13H,1-2,8,10H2. The quantitative estimate of drug-likeness (QED) is 0.710. The number of rotatable bonds is 6. The van der Waals surface area contributed by atoms with Crippen molar-refractivity contribution in [3.63, 3.8) is 0 Å². The largest absolute Gasteiger partial charge is 0.492 e. The van der Waals surface area contributed by atoms with Gasteiger partial charge in [0, 0.05) is 17.7 Å². The number of benzene rings is 1. The monoisotopic (exact) mass is 376 g/mol. The van der Waals surface area contributed by atoms with Gasteiger partial charge in [-0.05, 0) is 31.0 Å². The van der Waals surface area contributed by atoms with Gasteiger partial charge in [-0.3, -0.25) is 4.99 Å². The van der Waals surface area contributed by atoms with E-state index in [0.717, 1.165) is 12.8 Å². The van der Waals surface area contributed by atoms with E-state index in [-0.39, 0.29) is 17.9 Å². The molecule has 6 nitrogen and oxygen atoms in total. The van der Waals surface area contributed by atoms with Crippen molar-refractivity contribution in [2.75, 3.05) is 12.5 Å². The van der Waals surface area contributed by atoms with Gasteiger partial charge in [-0.1, -0.05) is 11.2 Å². The Labute approximate surface area is 154 Å². The Morgan fingerprint density at radius 2 is 2.20 bits per heavy atom. The van der Waals surface area contributed by atoms with Crippen LogP contribution in [0.2, 0.25) is 0 Å². The predicted octanol–water partition coefficient (Wildman–Crippen LogP) is 4.04. The zero-order valence-corrected chi connectivity index (χ0v) is 14.7. The Morgan fingerprint density at radius 1 is 1.32 bits per heavy atom. The van der Waals surface area contributed by atoms with Crippen molar-refractivity contribution in [3.05, 3.63) is 35.7 Å². The number of aliphatic imine (C=N–C) groups is 1. The number of halogens is 2. The Bertz CT molecular complexity index is 855. The second-order valence-electron chi connectivity index (χ2n) is 5.32. The number of hydrogen-bond donors (Lipinski definition) is 0. The zero-order valence-electron chi connectivity index (χ0n) is 13.2. The lowest BCUT2D eigenvalue weighted by Gasteiger charge is -2.09. The van der Waals surface area contributed by atoms with Crippen molar-refractivity contribution >= 4 is 35.1 Å². The molecule has 0 amide bonds. The van der Waals surface area contributed by atoms with Crippen molar-refractivity contribution in [2.24, 2.45) is 4.99 Å². The highest BCUT2D eigenvalue weighted by atomic mass is 35.5. The minimum atomic E-state index is -0.318. The van der Waals surface area contributed by atoms with Crippen LogP contribution in [-0.4, -0.2) is 34.2 Å². The van der Waals surface area contributed by atoms with Crippen LogP contribution in [0.1, 0.15) is 24.2 Å². The molecular formula is C17H14Cl2N4O2. The van der Waals surface area contributed by atoms with Gasteiger partial charge in [-0.2, -0.15) is 10.2 Å². The first-order chi connectivity index (χ1) is 12.2. The van der Waals surface area contributed by atoms with Gasteiger partial charge in [0.15, 0.2) is 0 Å². The van der Waals surface area contributed by atoms with E-state index in [1.54, 1.807) is 18.2 Å². The van der Waals surface area contributed by atoms with Gasteiger partial charge in [0.25, 0.3) is 5.89 Å². The van der Waals surface area contributed by atoms with E-state index in [1.165, 1.54) is 0 Å². The molecular weight excluding hydrogens is 363 g/mol. The molecule has 128 valence electrons. The van der Waals surface area contributed by atoms with Crippen LogP contribution in [0.3, 0.4) is 0 Å². The van der Waals surface area contributed by atoms with Gasteiger partial charge in [0.1, 0.15) is 18.1 Å². The van der Waals surface area contributed by atoms with E-state index in [0.29, 0.717) is 34.3 Å². The maximum Gasteiger partial charge on any atom is 0.258 e. The molecule has 1 atom stereocenters. The maximum atomic E-state index is 9.22. The number of allylic oxidation sites excluding steroid dienone is 1. The minimum absolute atomic E-state index is 0.232. The number of nitrogens with zero attached hydrogens (tertiary/aromatic N) is 4. The van der Waals surface area contributed by atoms with Crippen LogP contribution in [0.4, 0.5) is 0 Å². The van der Waals surface area contributed by atoms with Crippen LogP contribution in [0, 0.1) is 11.3 Å². The van der Waals surface area contributed by atoms with Crippen LogP contribution < -0.4 is 4.74 Å². The Hall–Kier alpha value is -2.36. The number of alkyl halides is 2. The van der Waals surface area contributed by atoms with Gasteiger partial charge in [-0.25, -0.2) is 0 Å². The lowest BCUT2D eigenvalue weighted by Crippen LogP contribution is -2.13. The fourth-order valence-electron chi connectivity index (χ4n) is 2.21. The molecule has 3 rings (SSSR count). The summed E-state index contributed by atoms with van der Waals surface area (Å²) >= 11 is 11.6. The Morgan fingerprint density at radius 3 is 2.92 bits per heavy atom. The molecule has 0 radical (unpaired) electrons. The van der Waals surface area contributed by atoms with E-state index in [4.69, 9.17) is 32.5 Å². The van der Waals surface area contributed by atoms with E-state index < -0.39 is 0 Å². The van der Waals surface area contributed by atoms with Crippen LogP contribution in [0.25, 0.3) is 17.2 Å². The minimum Gasteiger partial charge on any atom is -0.492 e. The summed E-state index contributed by atoms with van der Waals surface area (Å²) in [6.45, 7) is 0.232. The van der Waals surface area contributed by atoms with Gasteiger partial charge < -0.3 is 9.26 Å². The summed E-state index contributed by atoms with van der Waals surface area (Å²) in [6.07, 6.45) is 5.59. The van der Waals surface area contributed by atoms with E-state index in [9.17, 15) is 5.26 Å². The third kappa shape index (κ3) is 4.38. The summed E-state index contributed by atoms with van der Waals surface area (Å²) in [5.41, 5.74) is 1.69. The number of ether oxygens (including phenoxy) is 1. The van der Waals surface area contributed by atoms with Crippen molar-refractivity contribution in [2.45, 2.75) is 18.2 Å². The van der Waals surface area contributed by atoms with Crippen molar-refractivity contribution in [3.8, 4) is 23.3 Å². The second kappa shape index (κ2) is 8.15. The molecule has 1 aromatic heterocycles. The van der Waals surface area contributed by atoms with Gasteiger partial charge in [-0.15, -0.1) is 23.2 Å². The van der Waals surface area contributed by atoms with Crippen molar-refractivity contribution in [1.82, 2.24) is 10.1 Å².